The van der Waals surface area contributed by atoms with E-state index in [-0.39, 0.29) is 0 Å². The van der Waals surface area contributed by atoms with Crippen molar-refractivity contribution in [1.29, 1.82) is 0 Å². The standard InChI is InChI=1S/C20H29N3O4/c1-4-21-19(23-9-7-20(13-23)8-10-27-14-20)22-12-15-5-6-16(18(24)26-3)17(11-15)25-2/h5-6,11H,4,7-10,12-14H2,1-3H3,(H,21,22). The summed E-state index contributed by atoms with van der Waals surface area (Å²) < 4.78 is 15.8. The predicted molar refractivity (Wildman–Crippen MR) is 103 cm³/mol. The molecule has 2 fully saturated rings. The number of likely N-dealkylation sites (tertiary alicyclic amines) is 1. The van der Waals surface area contributed by atoms with Gasteiger partial charge in [-0.15, -0.1) is 0 Å². The summed E-state index contributed by atoms with van der Waals surface area (Å²) >= 11 is 0. The van der Waals surface area contributed by atoms with Gasteiger partial charge in [0, 0.05) is 31.7 Å². The van der Waals surface area contributed by atoms with Crippen molar-refractivity contribution in [2.24, 2.45) is 10.4 Å². The van der Waals surface area contributed by atoms with E-state index in [1.165, 1.54) is 7.11 Å². The molecule has 1 aromatic rings. The number of hydrogen-bond donors (Lipinski definition) is 1. The maximum absolute atomic E-state index is 11.8. The number of ether oxygens (including phenoxy) is 3. The van der Waals surface area contributed by atoms with Gasteiger partial charge in [-0.1, -0.05) is 6.07 Å². The molecule has 7 nitrogen and oxygen atoms in total. The Balaban J connectivity index is 1.72. The van der Waals surface area contributed by atoms with E-state index >= 15 is 0 Å². The van der Waals surface area contributed by atoms with Crippen molar-refractivity contribution in [3.8, 4) is 5.75 Å². The van der Waals surface area contributed by atoms with E-state index in [9.17, 15) is 4.79 Å². The Morgan fingerprint density at radius 1 is 1.37 bits per heavy atom. The molecule has 3 rings (SSSR count). The number of nitrogens with zero attached hydrogens (tertiary/aromatic N) is 2. The van der Waals surface area contributed by atoms with Gasteiger partial charge in [0.25, 0.3) is 0 Å². The van der Waals surface area contributed by atoms with Crippen molar-refractivity contribution in [3.05, 3.63) is 29.3 Å². The second kappa shape index (κ2) is 8.61. The first kappa shape index (κ1) is 19.5. The molecule has 1 N–H and O–H groups in total. The molecule has 0 amide bonds. The number of aliphatic imine (C=N–C) groups is 1. The van der Waals surface area contributed by atoms with Crippen molar-refractivity contribution < 1.29 is 19.0 Å². The van der Waals surface area contributed by atoms with Gasteiger partial charge in [-0.25, -0.2) is 9.79 Å². The van der Waals surface area contributed by atoms with Crippen molar-refractivity contribution in [1.82, 2.24) is 10.2 Å². The molecule has 0 saturated carbocycles. The maximum Gasteiger partial charge on any atom is 0.341 e. The Morgan fingerprint density at radius 3 is 2.89 bits per heavy atom. The average molecular weight is 375 g/mol. The Morgan fingerprint density at radius 2 is 2.22 bits per heavy atom. The first-order valence-electron chi connectivity index (χ1n) is 9.47. The lowest BCUT2D eigenvalue weighted by molar-refractivity contribution is 0.0597. The molecule has 2 saturated heterocycles. The van der Waals surface area contributed by atoms with Gasteiger partial charge in [-0.2, -0.15) is 0 Å². The van der Waals surface area contributed by atoms with Gasteiger partial charge in [0.05, 0.1) is 27.4 Å². The fraction of sp³-hybridized carbons (Fsp3) is 0.600. The molecule has 2 aliphatic rings. The van der Waals surface area contributed by atoms with Crippen LogP contribution in [-0.4, -0.2) is 63.9 Å². The van der Waals surface area contributed by atoms with Crippen molar-refractivity contribution in [2.75, 3.05) is 47.1 Å². The lowest BCUT2D eigenvalue weighted by atomic mass is 9.87. The van der Waals surface area contributed by atoms with Crippen LogP contribution >= 0.6 is 0 Å². The first-order valence-corrected chi connectivity index (χ1v) is 9.47. The first-order chi connectivity index (χ1) is 13.1. The molecule has 0 aromatic heterocycles. The number of carbonyl (C=O) groups is 1. The third kappa shape index (κ3) is 4.35. The third-order valence-corrected chi connectivity index (χ3v) is 5.34. The number of benzene rings is 1. The van der Waals surface area contributed by atoms with E-state index in [1.54, 1.807) is 13.2 Å². The topological polar surface area (TPSA) is 72.4 Å². The number of nitrogens with one attached hydrogen (secondary N) is 1. The lowest BCUT2D eigenvalue weighted by Gasteiger charge is -2.25. The molecular weight excluding hydrogens is 346 g/mol. The van der Waals surface area contributed by atoms with Gasteiger partial charge in [-0.05, 0) is 37.5 Å². The molecule has 0 bridgehead atoms. The highest BCUT2D eigenvalue weighted by molar-refractivity contribution is 5.92. The van der Waals surface area contributed by atoms with Crippen LogP contribution < -0.4 is 10.1 Å². The number of hydrogen-bond acceptors (Lipinski definition) is 5. The van der Waals surface area contributed by atoms with Crippen molar-refractivity contribution >= 4 is 11.9 Å². The second-order valence-electron chi connectivity index (χ2n) is 7.17. The Labute approximate surface area is 160 Å². The van der Waals surface area contributed by atoms with Gasteiger partial charge >= 0.3 is 5.97 Å². The summed E-state index contributed by atoms with van der Waals surface area (Å²) in [5.41, 5.74) is 1.69. The molecule has 0 radical (unpaired) electrons. The van der Waals surface area contributed by atoms with E-state index in [0.29, 0.717) is 23.3 Å². The molecular formula is C20H29N3O4. The number of rotatable bonds is 5. The van der Waals surface area contributed by atoms with Gasteiger partial charge in [0.1, 0.15) is 11.3 Å². The highest BCUT2D eigenvalue weighted by atomic mass is 16.5. The maximum atomic E-state index is 11.8. The monoisotopic (exact) mass is 375 g/mol. The summed E-state index contributed by atoms with van der Waals surface area (Å²) in [4.78, 5) is 18.9. The smallest absolute Gasteiger partial charge is 0.341 e. The third-order valence-electron chi connectivity index (χ3n) is 5.34. The quantitative estimate of drug-likeness (QED) is 0.483. The lowest BCUT2D eigenvalue weighted by Crippen LogP contribution is -2.41. The SMILES string of the molecule is CCNC(=NCc1ccc(C(=O)OC)c(OC)c1)N1CCC2(CCOC2)C1. The van der Waals surface area contributed by atoms with Crippen LogP contribution in [0.1, 0.15) is 35.7 Å². The van der Waals surface area contributed by atoms with Crippen LogP contribution in [0, 0.1) is 5.41 Å². The Kier molecular flexibility index (Phi) is 6.21. The van der Waals surface area contributed by atoms with Crippen LogP contribution in [-0.2, 0) is 16.0 Å². The zero-order valence-corrected chi connectivity index (χ0v) is 16.4. The minimum atomic E-state index is -0.406. The summed E-state index contributed by atoms with van der Waals surface area (Å²) in [6, 6.07) is 5.46. The van der Waals surface area contributed by atoms with Crippen molar-refractivity contribution in [2.45, 2.75) is 26.3 Å². The molecule has 0 aliphatic carbocycles. The summed E-state index contributed by atoms with van der Waals surface area (Å²) in [7, 11) is 2.91. The number of guanidine groups is 1. The minimum absolute atomic E-state index is 0.293. The Bertz CT molecular complexity index is 698. The summed E-state index contributed by atoms with van der Waals surface area (Å²) in [5, 5.41) is 3.40. The van der Waals surface area contributed by atoms with Crippen LogP contribution in [0.15, 0.2) is 23.2 Å². The summed E-state index contributed by atoms with van der Waals surface area (Å²) in [6.07, 6.45) is 2.29. The summed E-state index contributed by atoms with van der Waals surface area (Å²) in [5.74, 6) is 1.02. The molecule has 2 aliphatic heterocycles. The van der Waals surface area contributed by atoms with Crippen LogP contribution in [0.2, 0.25) is 0 Å². The number of carbonyl (C=O) groups excluding carboxylic acids is 1. The molecule has 2 heterocycles. The van der Waals surface area contributed by atoms with Crippen LogP contribution in [0.3, 0.4) is 0 Å². The zero-order valence-electron chi connectivity index (χ0n) is 16.4. The van der Waals surface area contributed by atoms with Crippen LogP contribution in [0.25, 0.3) is 0 Å². The molecule has 1 atom stereocenters. The zero-order chi connectivity index (χ0) is 19.3. The Hall–Kier alpha value is -2.28. The predicted octanol–water partition coefficient (Wildman–Crippen LogP) is 2.06. The largest absolute Gasteiger partial charge is 0.496 e. The van der Waals surface area contributed by atoms with Gasteiger partial charge in [0.15, 0.2) is 5.96 Å². The number of methoxy groups -OCH3 is 2. The molecule has 7 heteroatoms. The van der Waals surface area contributed by atoms with Gasteiger partial charge in [0.2, 0.25) is 0 Å². The highest BCUT2D eigenvalue weighted by Crippen LogP contribution is 2.38. The minimum Gasteiger partial charge on any atom is -0.496 e. The highest BCUT2D eigenvalue weighted by Gasteiger charge is 2.42. The summed E-state index contributed by atoms with van der Waals surface area (Å²) in [6.45, 7) is 7.13. The molecule has 27 heavy (non-hydrogen) atoms. The average Bonchev–Trinajstić information content (AvgIpc) is 3.34. The molecule has 1 spiro atoms. The second-order valence-corrected chi connectivity index (χ2v) is 7.17. The van der Waals surface area contributed by atoms with Crippen molar-refractivity contribution in [3.63, 3.8) is 0 Å². The molecule has 148 valence electrons. The van der Waals surface area contributed by atoms with E-state index in [2.05, 4.69) is 17.1 Å². The molecule has 1 unspecified atom stereocenters. The normalized spacial score (nSPS) is 22.3. The van der Waals surface area contributed by atoms with Crippen LogP contribution in [0.5, 0.6) is 5.75 Å². The van der Waals surface area contributed by atoms with Gasteiger partial charge in [-0.3, -0.25) is 0 Å². The van der Waals surface area contributed by atoms with E-state index in [1.807, 2.05) is 12.1 Å². The van der Waals surface area contributed by atoms with Gasteiger partial charge < -0.3 is 24.4 Å². The fourth-order valence-electron chi connectivity index (χ4n) is 3.79. The molecule has 1 aromatic carbocycles. The fourth-order valence-corrected chi connectivity index (χ4v) is 3.79. The van der Waals surface area contributed by atoms with E-state index < -0.39 is 5.97 Å². The van der Waals surface area contributed by atoms with E-state index in [4.69, 9.17) is 19.2 Å². The van der Waals surface area contributed by atoms with E-state index in [0.717, 1.165) is 57.2 Å². The van der Waals surface area contributed by atoms with Crippen LogP contribution in [0.4, 0.5) is 0 Å². The number of esters is 1.